The van der Waals surface area contributed by atoms with Crippen LogP contribution in [-0.2, 0) is 6.54 Å². The minimum absolute atomic E-state index is 0.683. The Hall–Kier alpha value is -2.63. The monoisotopic (exact) mass is 308 g/mol. The number of H-pyrrole nitrogens is 1. The zero-order chi connectivity index (χ0) is 15.5. The zero-order valence-electron chi connectivity index (χ0n) is 13.0. The second-order valence-electron chi connectivity index (χ2n) is 5.89. The fourth-order valence-electron chi connectivity index (χ4n) is 3.06. The molecule has 0 atom stereocenters. The first-order valence-corrected chi connectivity index (χ1v) is 8.12. The highest BCUT2D eigenvalue weighted by Gasteiger charge is 2.10. The fraction of sp³-hybridized carbons (Fsp3) is 0.353. The first-order valence-electron chi connectivity index (χ1n) is 8.12. The molecule has 3 aromatic rings. The molecule has 4 rings (SSSR count). The summed E-state index contributed by atoms with van der Waals surface area (Å²) in [7, 11) is 0. The van der Waals surface area contributed by atoms with Gasteiger partial charge in [0.15, 0.2) is 11.5 Å². The summed E-state index contributed by atoms with van der Waals surface area (Å²) in [4.78, 5) is 18.1. The van der Waals surface area contributed by atoms with E-state index >= 15 is 0 Å². The lowest BCUT2D eigenvalue weighted by molar-refractivity contribution is 0.578. The summed E-state index contributed by atoms with van der Waals surface area (Å²) >= 11 is 0. The molecule has 0 bridgehead atoms. The number of hydrogen-bond acceptors (Lipinski definition) is 5. The molecular formula is C17H20N6. The van der Waals surface area contributed by atoms with Crippen molar-refractivity contribution in [1.29, 1.82) is 0 Å². The molecule has 1 saturated heterocycles. The van der Waals surface area contributed by atoms with Crippen LogP contribution in [0.25, 0.3) is 11.2 Å². The van der Waals surface area contributed by atoms with E-state index in [1.807, 2.05) is 0 Å². The van der Waals surface area contributed by atoms with E-state index in [0.29, 0.717) is 5.65 Å². The number of anilines is 2. The molecule has 0 aliphatic carbocycles. The van der Waals surface area contributed by atoms with Crippen LogP contribution in [0.1, 0.15) is 24.8 Å². The molecule has 6 heteroatoms. The van der Waals surface area contributed by atoms with Crippen LogP contribution >= 0.6 is 0 Å². The number of aromatic amines is 1. The minimum atomic E-state index is 0.683. The van der Waals surface area contributed by atoms with E-state index in [1.54, 1.807) is 6.33 Å². The maximum Gasteiger partial charge on any atom is 0.182 e. The Balaban J connectivity index is 1.44. The van der Waals surface area contributed by atoms with E-state index in [4.69, 9.17) is 0 Å². The maximum absolute atomic E-state index is 4.28. The van der Waals surface area contributed by atoms with Crippen molar-refractivity contribution in [1.82, 2.24) is 19.9 Å². The lowest BCUT2D eigenvalue weighted by atomic mass is 10.1. The molecule has 0 radical (unpaired) electrons. The first-order chi connectivity index (χ1) is 11.4. The molecule has 6 nitrogen and oxygen atoms in total. The van der Waals surface area contributed by atoms with Gasteiger partial charge in [-0.1, -0.05) is 12.1 Å². The van der Waals surface area contributed by atoms with Crippen LogP contribution < -0.4 is 10.2 Å². The van der Waals surface area contributed by atoms with E-state index in [2.05, 4.69) is 54.4 Å². The van der Waals surface area contributed by atoms with E-state index in [9.17, 15) is 0 Å². The lowest BCUT2D eigenvalue weighted by Crippen LogP contribution is -2.29. The second kappa shape index (κ2) is 6.24. The Morgan fingerprint density at radius 2 is 1.83 bits per heavy atom. The molecule has 0 unspecified atom stereocenters. The average molecular weight is 308 g/mol. The van der Waals surface area contributed by atoms with Crippen LogP contribution in [0.5, 0.6) is 0 Å². The molecule has 0 amide bonds. The highest BCUT2D eigenvalue weighted by Crippen LogP contribution is 2.21. The van der Waals surface area contributed by atoms with E-state index < -0.39 is 0 Å². The number of fused-ring (bicyclic) bond motifs is 1. The van der Waals surface area contributed by atoms with Gasteiger partial charge in [-0.15, -0.1) is 0 Å². The van der Waals surface area contributed by atoms with Gasteiger partial charge in [0, 0.05) is 25.3 Å². The lowest BCUT2D eigenvalue weighted by Gasteiger charge is -2.28. The van der Waals surface area contributed by atoms with Crippen molar-refractivity contribution in [3.63, 3.8) is 0 Å². The number of benzene rings is 1. The average Bonchev–Trinajstić information content (AvgIpc) is 3.10. The van der Waals surface area contributed by atoms with Gasteiger partial charge in [0.05, 0.1) is 6.33 Å². The van der Waals surface area contributed by atoms with Gasteiger partial charge < -0.3 is 15.2 Å². The van der Waals surface area contributed by atoms with Gasteiger partial charge in [-0.3, -0.25) is 0 Å². The number of imidazole rings is 1. The molecule has 1 aliphatic heterocycles. The number of rotatable bonds is 4. The van der Waals surface area contributed by atoms with Crippen molar-refractivity contribution in [2.24, 2.45) is 0 Å². The summed E-state index contributed by atoms with van der Waals surface area (Å²) in [6.45, 7) is 3.08. The summed E-state index contributed by atoms with van der Waals surface area (Å²) in [5, 5.41) is 3.35. The van der Waals surface area contributed by atoms with Crippen molar-refractivity contribution >= 4 is 22.7 Å². The Morgan fingerprint density at radius 3 is 2.65 bits per heavy atom. The smallest absolute Gasteiger partial charge is 0.182 e. The largest absolute Gasteiger partial charge is 0.372 e. The van der Waals surface area contributed by atoms with Gasteiger partial charge >= 0.3 is 0 Å². The normalized spacial score (nSPS) is 15.0. The molecule has 118 valence electrons. The second-order valence-corrected chi connectivity index (χ2v) is 5.89. The van der Waals surface area contributed by atoms with Crippen LogP contribution in [-0.4, -0.2) is 33.0 Å². The molecule has 1 aromatic carbocycles. The topological polar surface area (TPSA) is 69.7 Å². The SMILES string of the molecule is c1nc(NCc2ccc(N3CCCCC3)cc2)c2[nH]cnc2n1. The van der Waals surface area contributed by atoms with Crippen LogP contribution in [0.15, 0.2) is 36.9 Å². The highest BCUT2D eigenvalue weighted by molar-refractivity contribution is 5.81. The summed E-state index contributed by atoms with van der Waals surface area (Å²) in [6.07, 6.45) is 7.14. The van der Waals surface area contributed by atoms with Crippen molar-refractivity contribution in [3.8, 4) is 0 Å². The summed E-state index contributed by atoms with van der Waals surface area (Å²) in [5.74, 6) is 0.785. The molecule has 2 aromatic heterocycles. The Kier molecular flexibility index (Phi) is 3.80. The van der Waals surface area contributed by atoms with Gasteiger partial charge in [0.1, 0.15) is 11.8 Å². The predicted octanol–water partition coefficient (Wildman–Crippen LogP) is 2.96. The molecule has 3 heterocycles. The van der Waals surface area contributed by atoms with Gasteiger partial charge in [-0.05, 0) is 37.0 Å². The Labute approximate surface area is 135 Å². The Morgan fingerprint density at radius 1 is 1.00 bits per heavy atom. The van der Waals surface area contributed by atoms with Crippen LogP contribution in [0, 0.1) is 0 Å². The third-order valence-electron chi connectivity index (χ3n) is 4.34. The molecule has 0 saturated carbocycles. The van der Waals surface area contributed by atoms with Crippen molar-refractivity contribution in [2.75, 3.05) is 23.3 Å². The van der Waals surface area contributed by atoms with Crippen LogP contribution in [0.3, 0.4) is 0 Å². The molecule has 23 heavy (non-hydrogen) atoms. The van der Waals surface area contributed by atoms with Gasteiger partial charge in [0.2, 0.25) is 0 Å². The van der Waals surface area contributed by atoms with Crippen molar-refractivity contribution in [3.05, 3.63) is 42.5 Å². The molecule has 0 spiro atoms. The quantitative estimate of drug-likeness (QED) is 0.775. The molecule has 1 aliphatic rings. The highest BCUT2D eigenvalue weighted by atomic mass is 15.1. The summed E-state index contributed by atoms with van der Waals surface area (Å²) < 4.78 is 0. The van der Waals surface area contributed by atoms with Crippen molar-refractivity contribution < 1.29 is 0 Å². The third kappa shape index (κ3) is 2.97. The molecule has 2 N–H and O–H groups in total. The number of piperidine rings is 1. The third-order valence-corrected chi connectivity index (χ3v) is 4.34. The van der Waals surface area contributed by atoms with Gasteiger partial charge in [0.25, 0.3) is 0 Å². The maximum atomic E-state index is 4.28. The first kappa shape index (κ1) is 14.0. The Bertz CT molecular complexity index is 773. The van der Waals surface area contributed by atoms with Gasteiger partial charge in [-0.2, -0.15) is 0 Å². The zero-order valence-corrected chi connectivity index (χ0v) is 13.0. The van der Waals surface area contributed by atoms with Crippen LogP contribution in [0.2, 0.25) is 0 Å². The molecule has 1 fully saturated rings. The predicted molar refractivity (Wildman–Crippen MR) is 91.5 cm³/mol. The standard InChI is InChI=1S/C17H20N6/c1-2-8-23(9-3-1)14-6-4-13(5-7-14)10-18-16-15-17(20-11-19-15)22-12-21-16/h4-7,11-12H,1-3,8-10H2,(H2,18,19,20,21,22). The van der Waals surface area contributed by atoms with Crippen molar-refractivity contribution in [2.45, 2.75) is 25.8 Å². The fourth-order valence-corrected chi connectivity index (χ4v) is 3.06. The summed E-state index contributed by atoms with van der Waals surface area (Å²) in [5.41, 5.74) is 4.09. The summed E-state index contributed by atoms with van der Waals surface area (Å²) in [6, 6.07) is 8.80. The van der Waals surface area contributed by atoms with Gasteiger partial charge in [-0.25, -0.2) is 15.0 Å². The minimum Gasteiger partial charge on any atom is -0.372 e. The number of aromatic nitrogens is 4. The number of nitrogens with zero attached hydrogens (tertiary/aromatic N) is 4. The molecular weight excluding hydrogens is 288 g/mol. The van der Waals surface area contributed by atoms with E-state index in [0.717, 1.165) is 17.9 Å². The number of hydrogen-bond donors (Lipinski definition) is 2. The van der Waals surface area contributed by atoms with E-state index in [-0.39, 0.29) is 0 Å². The van der Waals surface area contributed by atoms with Crippen LogP contribution in [0.4, 0.5) is 11.5 Å². The van der Waals surface area contributed by atoms with E-state index in [1.165, 1.54) is 49.9 Å². The number of nitrogens with one attached hydrogen (secondary N) is 2.